The third-order valence-electron chi connectivity index (χ3n) is 3.14. The Morgan fingerprint density at radius 2 is 1.80 bits per heavy atom. The van der Waals surface area contributed by atoms with Gasteiger partial charge in [0, 0.05) is 11.1 Å². The summed E-state index contributed by atoms with van der Waals surface area (Å²) in [6, 6.07) is 5.93. The number of Topliss-reactive ketones (excluding diaryl/α,β-unsaturated/α-hetero) is 1. The van der Waals surface area contributed by atoms with Gasteiger partial charge in [-0.15, -0.1) is 0 Å². The van der Waals surface area contributed by atoms with Crippen LogP contribution in [0.25, 0.3) is 0 Å². The van der Waals surface area contributed by atoms with Crippen LogP contribution in [0.1, 0.15) is 34.3 Å². The van der Waals surface area contributed by atoms with Crippen LogP contribution in [0.5, 0.6) is 0 Å². The fourth-order valence-corrected chi connectivity index (χ4v) is 3.39. The highest BCUT2D eigenvalue weighted by Crippen LogP contribution is 2.21. The fraction of sp³-hybridized carbons (Fsp3) is 0.286. The Bertz CT molecular complexity index is 722. The molecule has 106 valence electrons. The highest BCUT2D eigenvalue weighted by Gasteiger charge is 2.20. The van der Waals surface area contributed by atoms with Gasteiger partial charge in [-0.3, -0.25) is 4.79 Å². The molecule has 0 amide bonds. The van der Waals surface area contributed by atoms with Crippen LogP contribution in [0.2, 0.25) is 0 Å². The summed E-state index contributed by atoms with van der Waals surface area (Å²) in [7, 11) is -3.48. The lowest BCUT2D eigenvalue weighted by Gasteiger charge is -2.05. The molecule has 0 aliphatic heterocycles. The molecule has 0 radical (unpaired) electrons. The van der Waals surface area contributed by atoms with E-state index < -0.39 is 9.84 Å². The van der Waals surface area contributed by atoms with E-state index in [2.05, 4.69) is 5.16 Å². The molecule has 0 bridgehead atoms. The minimum absolute atomic E-state index is 0.0975. The zero-order valence-electron chi connectivity index (χ0n) is 11.5. The summed E-state index contributed by atoms with van der Waals surface area (Å²) in [5.74, 6) is 0.249. The van der Waals surface area contributed by atoms with Gasteiger partial charge in [-0.05, 0) is 32.9 Å². The minimum Gasteiger partial charge on any atom is -0.361 e. The molecule has 0 aliphatic carbocycles. The van der Waals surface area contributed by atoms with E-state index >= 15 is 0 Å². The maximum absolute atomic E-state index is 12.3. The molecule has 20 heavy (non-hydrogen) atoms. The van der Waals surface area contributed by atoms with Gasteiger partial charge >= 0.3 is 0 Å². The summed E-state index contributed by atoms with van der Waals surface area (Å²) in [5, 5.41) is 3.75. The molecular formula is C14H15NO4S. The molecule has 0 N–H and O–H groups in total. The number of rotatable bonds is 4. The first kappa shape index (κ1) is 14.5. The summed E-state index contributed by atoms with van der Waals surface area (Å²) in [6.45, 7) is 4.83. The van der Waals surface area contributed by atoms with Crippen molar-refractivity contribution in [3.63, 3.8) is 0 Å². The zero-order chi connectivity index (χ0) is 14.9. The van der Waals surface area contributed by atoms with Crippen molar-refractivity contribution in [3.8, 4) is 0 Å². The molecular weight excluding hydrogens is 278 g/mol. The largest absolute Gasteiger partial charge is 0.361 e. The van der Waals surface area contributed by atoms with Crippen molar-refractivity contribution in [2.75, 3.05) is 0 Å². The molecule has 1 heterocycles. The zero-order valence-corrected chi connectivity index (χ0v) is 12.3. The lowest BCUT2D eigenvalue weighted by atomic mass is 10.2. The van der Waals surface area contributed by atoms with Crippen LogP contribution in [-0.4, -0.2) is 19.4 Å². The number of carbonyl (C=O) groups is 1. The lowest BCUT2D eigenvalue weighted by Crippen LogP contribution is -2.06. The fourth-order valence-electron chi connectivity index (χ4n) is 1.88. The van der Waals surface area contributed by atoms with Gasteiger partial charge in [0.25, 0.3) is 0 Å². The molecule has 0 saturated carbocycles. The molecule has 5 nitrogen and oxygen atoms in total. The maximum Gasteiger partial charge on any atom is 0.182 e. The number of sulfone groups is 1. The van der Waals surface area contributed by atoms with Crippen molar-refractivity contribution < 1.29 is 17.7 Å². The van der Waals surface area contributed by atoms with Crippen LogP contribution >= 0.6 is 0 Å². The van der Waals surface area contributed by atoms with Crippen LogP contribution < -0.4 is 0 Å². The van der Waals surface area contributed by atoms with Gasteiger partial charge in [0.15, 0.2) is 15.6 Å². The Labute approximate surface area is 117 Å². The Hall–Kier alpha value is -1.95. The molecule has 6 heteroatoms. The number of nitrogens with zero attached hydrogens (tertiary/aromatic N) is 1. The average Bonchev–Trinajstić information content (AvgIpc) is 2.70. The number of aromatic nitrogens is 1. The maximum atomic E-state index is 12.3. The van der Waals surface area contributed by atoms with Crippen molar-refractivity contribution in [2.45, 2.75) is 31.4 Å². The normalized spacial score (nSPS) is 11.6. The molecule has 0 aliphatic rings. The predicted molar refractivity (Wildman–Crippen MR) is 73.3 cm³/mol. The number of ketones is 1. The van der Waals surface area contributed by atoms with Crippen LogP contribution in [0.15, 0.2) is 33.7 Å². The third kappa shape index (κ3) is 2.80. The monoisotopic (exact) mass is 293 g/mol. The molecule has 1 aromatic carbocycles. The average molecular weight is 293 g/mol. The van der Waals surface area contributed by atoms with Gasteiger partial charge in [-0.25, -0.2) is 8.42 Å². The number of benzene rings is 1. The molecule has 1 aromatic heterocycles. The van der Waals surface area contributed by atoms with E-state index in [-0.39, 0.29) is 16.4 Å². The SMILES string of the molecule is CC(=O)c1ccc(S(=O)(=O)Cc2c(C)noc2C)cc1. The quantitative estimate of drug-likeness (QED) is 0.809. The van der Waals surface area contributed by atoms with E-state index in [1.54, 1.807) is 13.8 Å². The van der Waals surface area contributed by atoms with Crippen LogP contribution in [0.4, 0.5) is 0 Å². The number of hydrogen-bond donors (Lipinski definition) is 0. The molecule has 2 rings (SSSR count). The smallest absolute Gasteiger partial charge is 0.182 e. The molecule has 0 fully saturated rings. The summed E-state index contributed by atoms with van der Waals surface area (Å²) in [6.07, 6.45) is 0. The molecule has 0 atom stereocenters. The van der Waals surface area contributed by atoms with Gasteiger partial charge < -0.3 is 4.52 Å². The van der Waals surface area contributed by atoms with Crippen LogP contribution in [0.3, 0.4) is 0 Å². The Balaban J connectivity index is 2.33. The van der Waals surface area contributed by atoms with Gasteiger partial charge in [0.2, 0.25) is 0 Å². The van der Waals surface area contributed by atoms with E-state index in [1.165, 1.54) is 31.2 Å². The van der Waals surface area contributed by atoms with Crippen molar-refractivity contribution >= 4 is 15.6 Å². The first-order valence-corrected chi connectivity index (χ1v) is 7.72. The van der Waals surface area contributed by atoms with Crippen molar-refractivity contribution in [2.24, 2.45) is 0 Å². The first-order chi connectivity index (χ1) is 9.31. The second-order valence-electron chi connectivity index (χ2n) is 4.64. The summed E-state index contributed by atoms with van der Waals surface area (Å²) in [5.41, 5.74) is 1.65. The van der Waals surface area contributed by atoms with Crippen LogP contribution in [-0.2, 0) is 15.6 Å². The van der Waals surface area contributed by atoms with Gasteiger partial charge in [-0.1, -0.05) is 17.3 Å². The second-order valence-corrected chi connectivity index (χ2v) is 6.63. The summed E-state index contributed by atoms with van der Waals surface area (Å²) >= 11 is 0. The summed E-state index contributed by atoms with van der Waals surface area (Å²) in [4.78, 5) is 11.4. The minimum atomic E-state index is -3.48. The van der Waals surface area contributed by atoms with Crippen molar-refractivity contribution in [1.29, 1.82) is 0 Å². The van der Waals surface area contributed by atoms with Gasteiger partial charge in [0.1, 0.15) is 5.76 Å². The van der Waals surface area contributed by atoms with E-state index in [4.69, 9.17) is 4.52 Å². The molecule has 2 aromatic rings. The van der Waals surface area contributed by atoms with E-state index in [0.717, 1.165) is 0 Å². The topological polar surface area (TPSA) is 77.2 Å². The molecule has 0 unspecified atom stereocenters. The highest BCUT2D eigenvalue weighted by molar-refractivity contribution is 7.90. The van der Waals surface area contributed by atoms with Gasteiger partial charge in [-0.2, -0.15) is 0 Å². The number of carbonyl (C=O) groups excluding carboxylic acids is 1. The highest BCUT2D eigenvalue weighted by atomic mass is 32.2. The Morgan fingerprint density at radius 3 is 2.25 bits per heavy atom. The van der Waals surface area contributed by atoms with Crippen molar-refractivity contribution in [1.82, 2.24) is 5.16 Å². The summed E-state index contributed by atoms with van der Waals surface area (Å²) < 4.78 is 29.6. The van der Waals surface area contributed by atoms with Crippen molar-refractivity contribution in [3.05, 3.63) is 46.8 Å². The van der Waals surface area contributed by atoms with E-state index in [9.17, 15) is 13.2 Å². The Kier molecular flexibility index (Phi) is 3.76. The standard InChI is InChI=1S/C14H15NO4S/c1-9-14(11(3)19-15-9)8-20(17,18)13-6-4-12(5-7-13)10(2)16/h4-7H,8H2,1-3H3. The van der Waals surface area contributed by atoms with Crippen LogP contribution in [0, 0.1) is 13.8 Å². The molecule has 0 saturated heterocycles. The number of aryl methyl sites for hydroxylation is 2. The van der Waals surface area contributed by atoms with E-state index in [1.807, 2.05) is 0 Å². The van der Waals surface area contributed by atoms with Gasteiger partial charge in [0.05, 0.1) is 16.3 Å². The third-order valence-corrected chi connectivity index (χ3v) is 4.79. The molecule has 0 spiro atoms. The first-order valence-electron chi connectivity index (χ1n) is 6.07. The second kappa shape index (κ2) is 5.20. The Morgan fingerprint density at radius 1 is 1.20 bits per heavy atom. The number of hydrogen-bond acceptors (Lipinski definition) is 5. The van der Waals surface area contributed by atoms with E-state index in [0.29, 0.717) is 22.6 Å². The lowest BCUT2D eigenvalue weighted by molar-refractivity contribution is 0.101. The predicted octanol–water partition coefficient (Wildman–Crippen LogP) is 2.47.